The number of pyridine rings is 1. The molecule has 0 atom stereocenters. The third-order valence-electron chi connectivity index (χ3n) is 4.94. The molecule has 2 aromatic carbocycles. The average Bonchev–Trinajstić information content (AvgIpc) is 3.32. The molecule has 1 amide bonds. The summed E-state index contributed by atoms with van der Waals surface area (Å²) in [6.45, 7) is -2.92. The fraction of sp³-hybridized carbons (Fsp3) is 0.0870. The second-order valence-corrected chi connectivity index (χ2v) is 7.94. The third kappa shape index (κ3) is 6.00. The van der Waals surface area contributed by atoms with Crippen LogP contribution in [0.3, 0.4) is 0 Å². The van der Waals surface area contributed by atoms with Gasteiger partial charge in [0.1, 0.15) is 11.6 Å². The SMILES string of the molecule is O=C(Nc1cc(-c2cnn(C(F)F)c2)cnc1Nc1cc(F)ccc1Cl)c1cc(F)cc(C(F)(F)F)c1. The van der Waals surface area contributed by atoms with E-state index in [2.05, 4.69) is 20.7 Å². The first-order valence-corrected chi connectivity index (χ1v) is 10.5. The molecule has 2 heterocycles. The lowest BCUT2D eigenvalue weighted by molar-refractivity contribution is -0.137. The molecule has 0 unspecified atom stereocenters. The minimum Gasteiger partial charge on any atom is -0.337 e. The Bertz CT molecular complexity index is 1470. The highest BCUT2D eigenvalue weighted by molar-refractivity contribution is 6.33. The molecule has 0 spiro atoms. The first-order valence-electron chi connectivity index (χ1n) is 10.1. The molecule has 0 radical (unpaired) electrons. The Labute approximate surface area is 208 Å². The molecule has 0 bridgehead atoms. The Morgan fingerprint density at radius 1 is 0.946 bits per heavy atom. The number of rotatable bonds is 6. The Kier molecular flexibility index (Phi) is 7.07. The van der Waals surface area contributed by atoms with Crippen molar-refractivity contribution in [1.82, 2.24) is 14.8 Å². The van der Waals surface area contributed by atoms with Gasteiger partial charge in [-0.1, -0.05) is 11.6 Å². The quantitative estimate of drug-likeness (QED) is 0.251. The van der Waals surface area contributed by atoms with Crippen molar-refractivity contribution in [2.75, 3.05) is 10.6 Å². The van der Waals surface area contributed by atoms with E-state index in [1.807, 2.05) is 0 Å². The number of halogens is 8. The normalized spacial score (nSPS) is 11.6. The summed E-state index contributed by atoms with van der Waals surface area (Å²) in [4.78, 5) is 16.9. The number of alkyl halides is 5. The molecule has 2 aromatic heterocycles. The monoisotopic (exact) mass is 543 g/mol. The van der Waals surface area contributed by atoms with Gasteiger partial charge in [0.05, 0.1) is 28.2 Å². The summed E-state index contributed by atoms with van der Waals surface area (Å²) in [6, 6.07) is 5.92. The Hall–Kier alpha value is -4.13. The predicted molar refractivity (Wildman–Crippen MR) is 121 cm³/mol. The van der Waals surface area contributed by atoms with Gasteiger partial charge in [-0.3, -0.25) is 4.79 Å². The topological polar surface area (TPSA) is 71.8 Å². The molecule has 0 aliphatic heterocycles. The highest BCUT2D eigenvalue weighted by Gasteiger charge is 2.32. The van der Waals surface area contributed by atoms with E-state index in [1.54, 1.807) is 0 Å². The summed E-state index contributed by atoms with van der Waals surface area (Å²) >= 11 is 6.06. The zero-order valence-electron chi connectivity index (χ0n) is 18.1. The number of hydrogen-bond acceptors (Lipinski definition) is 4. The zero-order chi connectivity index (χ0) is 26.9. The minimum absolute atomic E-state index is 0.0352. The van der Waals surface area contributed by atoms with Gasteiger partial charge in [0.15, 0.2) is 5.82 Å². The molecule has 2 N–H and O–H groups in total. The highest BCUT2D eigenvalue weighted by Crippen LogP contribution is 2.34. The highest BCUT2D eigenvalue weighted by atomic mass is 35.5. The van der Waals surface area contributed by atoms with Gasteiger partial charge in [-0.15, -0.1) is 0 Å². The van der Waals surface area contributed by atoms with Crippen LogP contribution < -0.4 is 10.6 Å². The van der Waals surface area contributed by atoms with E-state index < -0.39 is 41.4 Å². The lowest BCUT2D eigenvalue weighted by atomic mass is 10.1. The second kappa shape index (κ2) is 10.1. The van der Waals surface area contributed by atoms with Crippen LogP contribution in [0.4, 0.5) is 47.9 Å². The standard InChI is InChI=1S/C23H13ClF7N5O/c24-17-2-1-15(25)7-18(17)34-20-19(5-12(8-32-20)13-9-33-36(10-13)22(27)28)35-21(37)11-3-14(23(29,30)31)6-16(26)4-11/h1-10,22H,(H,32,34)(H,35,37). The molecule has 4 aromatic rings. The maximum atomic E-state index is 13.8. The molecular formula is C23H13ClF7N5O. The molecule has 0 aliphatic rings. The van der Waals surface area contributed by atoms with Crippen molar-refractivity contribution < 1.29 is 35.5 Å². The summed E-state index contributed by atoms with van der Waals surface area (Å²) in [5.41, 5.74) is -1.80. The van der Waals surface area contributed by atoms with Gasteiger partial charge in [0.2, 0.25) is 0 Å². The number of aromatic nitrogens is 3. The maximum Gasteiger partial charge on any atom is 0.416 e. The van der Waals surface area contributed by atoms with Crippen molar-refractivity contribution in [3.8, 4) is 11.1 Å². The van der Waals surface area contributed by atoms with Crippen LogP contribution in [-0.4, -0.2) is 20.7 Å². The molecular weight excluding hydrogens is 531 g/mol. The van der Waals surface area contributed by atoms with E-state index in [0.29, 0.717) is 16.8 Å². The summed E-state index contributed by atoms with van der Waals surface area (Å²) < 4.78 is 93.1. The molecule has 14 heteroatoms. The van der Waals surface area contributed by atoms with Crippen LogP contribution >= 0.6 is 11.6 Å². The average molecular weight is 544 g/mol. The summed E-state index contributed by atoms with van der Waals surface area (Å²) in [7, 11) is 0. The predicted octanol–water partition coefficient (Wildman–Crippen LogP) is 7.29. The third-order valence-corrected chi connectivity index (χ3v) is 5.27. The van der Waals surface area contributed by atoms with Crippen LogP contribution in [0.2, 0.25) is 5.02 Å². The van der Waals surface area contributed by atoms with Crippen LogP contribution in [-0.2, 0) is 6.18 Å². The van der Waals surface area contributed by atoms with Gasteiger partial charge in [-0.05, 0) is 42.5 Å². The van der Waals surface area contributed by atoms with Crippen LogP contribution in [0.1, 0.15) is 22.5 Å². The van der Waals surface area contributed by atoms with Crippen LogP contribution in [0.15, 0.2) is 61.1 Å². The number of nitrogens with one attached hydrogen (secondary N) is 2. The molecule has 0 saturated carbocycles. The van der Waals surface area contributed by atoms with E-state index in [4.69, 9.17) is 11.6 Å². The lowest BCUT2D eigenvalue weighted by Crippen LogP contribution is -2.16. The van der Waals surface area contributed by atoms with E-state index >= 15 is 0 Å². The summed E-state index contributed by atoms with van der Waals surface area (Å²) in [6.07, 6.45) is -1.58. The molecule has 0 saturated heterocycles. The van der Waals surface area contributed by atoms with Crippen molar-refractivity contribution in [2.24, 2.45) is 0 Å². The molecule has 4 rings (SSSR count). The molecule has 6 nitrogen and oxygen atoms in total. The number of amides is 1. The number of anilines is 3. The fourth-order valence-electron chi connectivity index (χ4n) is 3.21. The van der Waals surface area contributed by atoms with Crippen LogP contribution in [0, 0.1) is 11.6 Å². The van der Waals surface area contributed by atoms with Crippen LogP contribution in [0.25, 0.3) is 11.1 Å². The van der Waals surface area contributed by atoms with Crippen molar-refractivity contribution in [3.63, 3.8) is 0 Å². The van der Waals surface area contributed by atoms with E-state index in [0.717, 1.165) is 24.5 Å². The van der Waals surface area contributed by atoms with Gasteiger partial charge < -0.3 is 10.6 Å². The van der Waals surface area contributed by atoms with E-state index in [9.17, 15) is 35.5 Å². The Balaban J connectivity index is 1.75. The first-order chi connectivity index (χ1) is 17.4. The van der Waals surface area contributed by atoms with Crippen LogP contribution in [0.5, 0.6) is 0 Å². The van der Waals surface area contributed by atoms with Gasteiger partial charge in [0.25, 0.3) is 5.91 Å². The van der Waals surface area contributed by atoms with E-state index in [1.165, 1.54) is 18.3 Å². The summed E-state index contributed by atoms with van der Waals surface area (Å²) in [5, 5.41) is 8.60. The summed E-state index contributed by atoms with van der Waals surface area (Å²) in [5.74, 6) is -3.22. The molecule has 0 fully saturated rings. The molecule has 0 aliphatic carbocycles. The number of benzene rings is 2. The number of hydrogen-bond donors (Lipinski definition) is 2. The fourth-order valence-corrected chi connectivity index (χ4v) is 3.38. The van der Waals surface area contributed by atoms with Crippen molar-refractivity contribution in [2.45, 2.75) is 12.7 Å². The molecule has 192 valence electrons. The Morgan fingerprint density at radius 3 is 2.38 bits per heavy atom. The lowest BCUT2D eigenvalue weighted by Gasteiger charge is -2.15. The van der Waals surface area contributed by atoms with Gasteiger partial charge >= 0.3 is 12.7 Å². The Morgan fingerprint density at radius 2 is 1.70 bits per heavy atom. The number of carbonyl (C=O) groups excluding carboxylic acids is 1. The molecule has 37 heavy (non-hydrogen) atoms. The van der Waals surface area contributed by atoms with E-state index in [-0.39, 0.29) is 39.4 Å². The second-order valence-electron chi connectivity index (χ2n) is 7.54. The zero-order valence-corrected chi connectivity index (χ0v) is 18.9. The van der Waals surface area contributed by atoms with Crippen molar-refractivity contribution >= 4 is 34.7 Å². The van der Waals surface area contributed by atoms with Crippen molar-refractivity contribution in [3.05, 3.63) is 88.8 Å². The van der Waals surface area contributed by atoms with Crippen molar-refractivity contribution in [1.29, 1.82) is 0 Å². The number of carbonyl (C=O) groups is 1. The van der Waals surface area contributed by atoms with Gasteiger partial charge in [-0.25, -0.2) is 18.4 Å². The van der Waals surface area contributed by atoms with Gasteiger partial charge in [0, 0.05) is 29.1 Å². The first kappa shape index (κ1) is 25.9. The van der Waals surface area contributed by atoms with Gasteiger partial charge in [-0.2, -0.15) is 27.1 Å². The largest absolute Gasteiger partial charge is 0.416 e. The number of nitrogens with zero attached hydrogens (tertiary/aromatic N) is 3. The maximum absolute atomic E-state index is 13.8. The minimum atomic E-state index is -4.91. The smallest absolute Gasteiger partial charge is 0.337 e.